The summed E-state index contributed by atoms with van der Waals surface area (Å²) in [4.78, 5) is 2.57. The van der Waals surface area contributed by atoms with Gasteiger partial charge in [0.1, 0.15) is 0 Å². The van der Waals surface area contributed by atoms with E-state index in [-0.39, 0.29) is 0 Å². The highest BCUT2D eigenvalue weighted by molar-refractivity contribution is 4.70. The van der Waals surface area contributed by atoms with Crippen molar-refractivity contribution in [2.75, 3.05) is 13.1 Å². The maximum Gasteiger partial charge on any atom is 0.00740 e. The molecule has 0 rings (SSSR count). The van der Waals surface area contributed by atoms with Gasteiger partial charge in [-0.15, -0.1) is 0 Å². The van der Waals surface area contributed by atoms with Crippen LogP contribution in [-0.4, -0.2) is 30.1 Å². The van der Waals surface area contributed by atoms with Gasteiger partial charge in [0.25, 0.3) is 0 Å². The van der Waals surface area contributed by atoms with E-state index in [2.05, 4.69) is 39.5 Å². The van der Waals surface area contributed by atoms with Gasteiger partial charge >= 0.3 is 0 Å². The van der Waals surface area contributed by atoms with E-state index >= 15 is 0 Å². The fourth-order valence-corrected chi connectivity index (χ4v) is 1.84. The summed E-state index contributed by atoms with van der Waals surface area (Å²) >= 11 is 0. The van der Waals surface area contributed by atoms with Gasteiger partial charge in [-0.05, 0) is 45.7 Å². The molecule has 0 aromatic rings. The third-order valence-electron chi connectivity index (χ3n) is 3.39. The van der Waals surface area contributed by atoms with Crippen molar-refractivity contribution in [2.45, 2.75) is 72.4 Å². The van der Waals surface area contributed by atoms with Gasteiger partial charge in [0, 0.05) is 12.1 Å². The van der Waals surface area contributed by atoms with E-state index in [1.165, 1.54) is 25.8 Å². The molecule has 0 aliphatic heterocycles. The first-order valence-electron chi connectivity index (χ1n) is 6.98. The molecule has 0 aromatic carbocycles. The predicted molar refractivity (Wildman–Crippen MR) is 73.7 cm³/mol. The summed E-state index contributed by atoms with van der Waals surface area (Å²) in [5, 5.41) is 0. The van der Waals surface area contributed by atoms with Gasteiger partial charge in [0.15, 0.2) is 0 Å². The fraction of sp³-hybridized carbons (Fsp3) is 1.00. The first kappa shape index (κ1) is 15.9. The van der Waals surface area contributed by atoms with Crippen molar-refractivity contribution < 1.29 is 0 Å². The maximum absolute atomic E-state index is 6.09. The lowest BCUT2D eigenvalue weighted by atomic mass is 10.0. The standard InChI is InChI=1S/C14H32N2/c1-6-7-8-10-16(13(4)5)11-9-14(15)12(2)3/h12-14H,6-11,15H2,1-5H3. The Morgan fingerprint density at radius 1 is 1.00 bits per heavy atom. The van der Waals surface area contributed by atoms with Crippen LogP contribution in [0.15, 0.2) is 0 Å². The molecule has 0 aliphatic rings. The quantitative estimate of drug-likeness (QED) is 0.614. The third-order valence-corrected chi connectivity index (χ3v) is 3.39. The van der Waals surface area contributed by atoms with E-state index in [1.807, 2.05) is 0 Å². The summed E-state index contributed by atoms with van der Waals surface area (Å²) in [5.41, 5.74) is 6.09. The zero-order valence-corrected chi connectivity index (χ0v) is 12.0. The minimum Gasteiger partial charge on any atom is -0.327 e. The average Bonchev–Trinajstić information content (AvgIpc) is 2.21. The minimum absolute atomic E-state index is 0.354. The van der Waals surface area contributed by atoms with Crippen molar-refractivity contribution in [1.82, 2.24) is 4.90 Å². The molecular weight excluding hydrogens is 196 g/mol. The molecule has 0 radical (unpaired) electrons. The second-order valence-corrected chi connectivity index (χ2v) is 5.53. The van der Waals surface area contributed by atoms with Gasteiger partial charge in [-0.3, -0.25) is 0 Å². The van der Waals surface area contributed by atoms with Crippen molar-refractivity contribution in [3.05, 3.63) is 0 Å². The van der Waals surface area contributed by atoms with Crippen molar-refractivity contribution in [2.24, 2.45) is 11.7 Å². The molecule has 0 saturated heterocycles. The van der Waals surface area contributed by atoms with Crippen LogP contribution >= 0.6 is 0 Å². The Morgan fingerprint density at radius 3 is 2.06 bits per heavy atom. The summed E-state index contributed by atoms with van der Waals surface area (Å²) in [6, 6.07) is 1.00. The van der Waals surface area contributed by atoms with Crippen LogP contribution < -0.4 is 5.73 Å². The molecule has 0 bridgehead atoms. The van der Waals surface area contributed by atoms with Crippen LogP contribution in [-0.2, 0) is 0 Å². The monoisotopic (exact) mass is 228 g/mol. The molecule has 0 amide bonds. The molecule has 16 heavy (non-hydrogen) atoms. The largest absolute Gasteiger partial charge is 0.327 e. The molecule has 0 aliphatic carbocycles. The Hall–Kier alpha value is -0.0800. The van der Waals surface area contributed by atoms with Crippen LogP contribution in [0.5, 0.6) is 0 Å². The van der Waals surface area contributed by atoms with Crippen LogP contribution in [0.3, 0.4) is 0 Å². The van der Waals surface area contributed by atoms with Crippen LogP contribution in [0.25, 0.3) is 0 Å². The highest BCUT2D eigenvalue weighted by Crippen LogP contribution is 2.08. The number of hydrogen-bond donors (Lipinski definition) is 1. The summed E-state index contributed by atoms with van der Waals surface area (Å²) in [7, 11) is 0. The predicted octanol–water partition coefficient (Wildman–Crippen LogP) is 3.26. The molecule has 0 heterocycles. The highest BCUT2D eigenvalue weighted by Gasteiger charge is 2.12. The molecule has 2 N–H and O–H groups in total. The van der Waals surface area contributed by atoms with Gasteiger partial charge < -0.3 is 10.6 Å². The molecule has 0 spiro atoms. The van der Waals surface area contributed by atoms with Gasteiger partial charge in [-0.2, -0.15) is 0 Å². The molecule has 98 valence electrons. The number of nitrogens with two attached hydrogens (primary N) is 1. The van der Waals surface area contributed by atoms with Gasteiger partial charge in [0.05, 0.1) is 0 Å². The summed E-state index contributed by atoms with van der Waals surface area (Å²) in [5.74, 6) is 0.602. The Labute approximate surface area is 103 Å². The molecule has 1 unspecified atom stereocenters. The van der Waals surface area contributed by atoms with Gasteiger partial charge in [-0.1, -0.05) is 33.6 Å². The smallest absolute Gasteiger partial charge is 0.00740 e. The normalized spacial score (nSPS) is 14.1. The van der Waals surface area contributed by atoms with E-state index in [0.717, 1.165) is 13.0 Å². The lowest BCUT2D eigenvalue weighted by Crippen LogP contribution is -2.37. The summed E-state index contributed by atoms with van der Waals surface area (Å²) in [6.07, 6.45) is 5.10. The van der Waals surface area contributed by atoms with Crippen LogP contribution in [0, 0.1) is 5.92 Å². The molecule has 0 saturated carbocycles. The Kier molecular flexibility index (Phi) is 8.96. The van der Waals surface area contributed by atoms with Crippen molar-refractivity contribution >= 4 is 0 Å². The zero-order chi connectivity index (χ0) is 12.6. The zero-order valence-electron chi connectivity index (χ0n) is 12.0. The number of nitrogens with zero attached hydrogens (tertiary/aromatic N) is 1. The van der Waals surface area contributed by atoms with Crippen molar-refractivity contribution in [1.29, 1.82) is 0 Å². The molecular formula is C14H32N2. The number of hydrogen-bond acceptors (Lipinski definition) is 2. The molecule has 2 nitrogen and oxygen atoms in total. The Balaban J connectivity index is 3.85. The van der Waals surface area contributed by atoms with E-state index in [0.29, 0.717) is 18.0 Å². The number of rotatable bonds is 9. The van der Waals surface area contributed by atoms with E-state index in [9.17, 15) is 0 Å². The average molecular weight is 228 g/mol. The molecule has 0 fully saturated rings. The first-order chi connectivity index (χ1) is 7.49. The van der Waals surface area contributed by atoms with Gasteiger partial charge in [0.2, 0.25) is 0 Å². The van der Waals surface area contributed by atoms with Crippen LogP contribution in [0.4, 0.5) is 0 Å². The Bertz CT molecular complexity index is 155. The second kappa shape index (κ2) is 9.00. The lowest BCUT2D eigenvalue weighted by molar-refractivity contribution is 0.204. The summed E-state index contributed by atoms with van der Waals surface area (Å²) < 4.78 is 0. The van der Waals surface area contributed by atoms with Crippen molar-refractivity contribution in [3.8, 4) is 0 Å². The number of unbranched alkanes of at least 4 members (excludes halogenated alkanes) is 2. The van der Waals surface area contributed by atoms with Gasteiger partial charge in [-0.25, -0.2) is 0 Å². The molecule has 2 heteroatoms. The van der Waals surface area contributed by atoms with Crippen LogP contribution in [0.1, 0.15) is 60.3 Å². The topological polar surface area (TPSA) is 29.3 Å². The highest BCUT2D eigenvalue weighted by atomic mass is 15.1. The van der Waals surface area contributed by atoms with Crippen molar-refractivity contribution in [3.63, 3.8) is 0 Å². The Morgan fingerprint density at radius 2 is 1.62 bits per heavy atom. The second-order valence-electron chi connectivity index (χ2n) is 5.53. The van der Waals surface area contributed by atoms with E-state index < -0.39 is 0 Å². The maximum atomic E-state index is 6.09. The van der Waals surface area contributed by atoms with E-state index in [4.69, 9.17) is 5.73 Å². The lowest BCUT2D eigenvalue weighted by Gasteiger charge is -2.28. The first-order valence-corrected chi connectivity index (χ1v) is 6.98. The SMILES string of the molecule is CCCCCN(CCC(N)C(C)C)C(C)C. The third kappa shape index (κ3) is 7.24. The summed E-state index contributed by atoms with van der Waals surface area (Å²) in [6.45, 7) is 13.6. The van der Waals surface area contributed by atoms with E-state index in [1.54, 1.807) is 0 Å². The fourth-order valence-electron chi connectivity index (χ4n) is 1.84. The molecule has 1 atom stereocenters. The van der Waals surface area contributed by atoms with Crippen LogP contribution in [0.2, 0.25) is 0 Å². The minimum atomic E-state index is 0.354. The molecule has 0 aromatic heterocycles.